The number of benzene rings is 2. The van der Waals surface area contributed by atoms with Crippen molar-refractivity contribution >= 4 is 50.3 Å². The number of methoxy groups -OCH3 is 1. The van der Waals surface area contributed by atoms with Crippen LogP contribution in [0.15, 0.2) is 53.6 Å². The highest BCUT2D eigenvalue weighted by atomic mass is 35.5. The number of amides is 1. The van der Waals surface area contributed by atoms with Gasteiger partial charge < -0.3 is 4.74 Å². The van der Waals surface area contributed by atoms with Crippen LogP contribution in [0, 0.1) is 0 Å². The van der Waals surface area contributed by atoms with E-state index in [1.165, 1.54) is 6.21 Å². The summed E-state index contributed by atoms with van der Waals surface area (Å²) >= 11 is 6.22. The monoisotopic (exact) mass is 474 g/mol. The van der Waals surface area contributed by atoms with Gasteiger partial charge in [-0.2, -0.15) is 5.10 Å². The Hall–Kier alpha value is -3.17. The zero-order valence-corrected chi connectivity index (χ0v) is 19.4. The van der Waals surface area contributed by atoms with E-state index in [-0.39, 0.29) is 5.15 Å². The van der Waals surface area contributed by atoms with E-state index in [0.29, 0.717) is 22.5 Å². The van der Waals surface area contributed by atoms with Crippen molar-refractivity contribution in [2.24, 2.45) is 5.10 Å². The number of ether oxygens (including phenoxy) is 1. The third-order valence-corrected chi connectivity index (χ3v) is 6.16. The lowest BCUT2D eigenvalue weighted by Crippen LogP contribution is -2.39. The number of carbonyl (C=O) groups is 1. The summed E-state index contributed by atoms with van der Waals surface area (Å²) in [6.45, 7) is 1.59. The summed E-state index contributed by atoms with van der Waals surface area (Å²) in [5.41, 5.74) is 4.97. The van der Waals surface area contributed by atoms with Gasteiger partial charge in [0, 0.05) is 17.0 Å². The number of aryl methyl sites for hydroxylation is 1. The van der Waals surface area contributed by atoms with Gasteiger partial charge in [-0.3, -0.25) is 9.10 Å². The number of hydrogen-bond donors (Lipinski definition) is 1. The molecule has 1 aromatic heterocycles. The minimum Gasteiger partial charge on any atom is -0.497 e. The summed E-state index contributed by atoms with van der Waals surface area (Å²) in [7, 11) is -2.10. The molecule has 3 rings (SSSR count). The quantitative estimate of drug-likeness (QED) is 0.306. The van der Waals surface area contributed by atoms with Crippen molar-refractivity contribution in [1.82, 2.24) is 10.4 Å². The van der Waals surface area contributed by atoms with Gasteiger partial charge in [0.15, 0.2) is 0 Å². The lowest BCUT2D eigenvalue weighted by atomic mass is 10.1. The standard InChI is InChI=1S/C22H23ClN4O4S/c1-4-15-5-8-18(9-6-15)27(32(3,29)30)14-21(28)26-24-13-17-11-16-7-10-19(31-2)12-20(16)25-22(17)23/h5-13H,4,14H2,1-3H3,(H,26,28)/b24-13-. The number of sulfonamides is 1. The van der Waals surface area contributed by atoms with Gasteiger partial charge in [0.05, 0.1) is 30.8 Å². The molecule has 0 bridgehead atoms. The van der Waals surface area contributed by atoms with Crippen molar-refractivity contribution in [3.8, 4) is 5.75 Å². The van der Waals surface area contributed by atoms with Crippen LogP contribution < -0.4 is 14.5 Å². The van der Waals surface area contributed by atoms with Crippen LogP contribution in [0.2, 0.25) is 5.15 Å². The molecule has 32 heavy (non-hydrogen) atoms. The smallest absolute Gasteiger partial charge is 0.260 e. The molecular weight excluding hydrogens is 452 g/mol. The molecule has 0 unspecified atom stereocenters. The highest BCUT2D eigenvalue weighted by molar-refractivity contribution is 7.92. The molecule has 0 spiro atoms. The van der Waals surface area contributed by atoms with Gasteiger partial charge in [0.25, 0.3) is 5.91 Å². The molecule has 1 amide bonds. The first kappa shape index (κ1) is 23.5. The fourth-order valence-corrected chi connectivity index (χ4v) is 4.05. The van der Waals surface area contributed by atoms with Crippen LogP contribution in [0.1, 0.15) is 18.1 Å². The van der Waals surface area contributed by atoms with E-state index in [1.54, 1.807) is 37.4 Å². The molecule has 0 saturated heterocycles. The summed E-state index contributed by atoms with van der Waals surface area (Å²) < 4.78 is 30.6. The molecule has 1 heterocycles. The van der Waals surface area contributed by atoms with E-state index in [2.05, 4.69) is 15.5 Å². The molecule has 0 aliphatic heterocycles. The van der Waals surface area contributed by atoms with Crippen molar-refractivity contribution in [3.63, 3.8) is 0 Å². The molecule has 3 aromatic rings. The van der Waals surface area contributed by atoms with Crippen LogP contribution in [0.3, 0.4) is 0 Å². The van der Waals surface area contributed by atoms with Gasteiger partial charge in [0.2, 0.25) is 10.0 Å². The number of halogens is 1. The molecule has 8 nitrogen and oxygen atoms in total. The molecule has 0 atom stereocenters. The molecule has 0 aliphatic rings. The maximum absolute atomic E-state index is 12.4. The number of nitrogens with zero attached hydrogens (tertiary/aromatic N) is 3. The fraction of sp³-hybridized carbons (Fsp3) is 0.227. The average molecular weight is 475 g/mol. The van der Waals surface area contributed by atoms with E-state index in [9.17, 15) is 13.2 Å². The largest absolute Gasteiger partial charge is 0.497 e. The van der Waals surface area contributed by atoms with E-state index in [1.807, 2.05) is 25.1 Å². The Kier molecular flexibility index (Phi) is 7.32. The summed E-state index contributed by atoms with van der Waals surface area (Å²) in [5, 5.41) is 4.93. The Morgan fingerprint density at radius 3 is 2.56 bits per heavy atom. The first-order valence-corrected chi connectivity index (χ1v) is 12.0. The summed E-state index contributed by atoms with van der Waals surface area (Å²) in [4.78, 5) is 16.7. The highest BCUT2D eigenvalue weighted by Gasteiger charge is 2.20. The topological polar surface area (TPSA) is 101 Å². The zero-order valence-electron chi connectivity index (χ0n) is 17.9. The number of carbonyl (C=O) groups excluding carboxylic acids is 1. The fourth-order valence-electron chi connectivity index (χ4n) is 2.99. The number of anilines is 1. The third-order valence-electron chi connectivity index (χ3n) is 4.72. The van der Waals surface area contributed by atoms with Gasteiger partial charge in [-0.15, -0.1) is 0 Å². The lowest BCUT2D eigenvalue weighted by molar-refractivity contribution is -0.119. The highest BCUT2D eigenvalue weighted by Crippen LogP contribution is 2.23. The second kappa shape index (κ2) is 9.97. The average Bonchev–Trinajstić information content (AvgIpc) is 2.76. The van der Waals surface area contributed by atoms with E-state index >= 15 is 0 Å². The molecular formula is C22H23ClN4O4S. The first-order valence-electron chi connectivity index (χ1n) is 9.74. The van der Waals surface area contributed by atoms with E-state index in [4.69, 9.17) is 16.3 Å². The van der Waals surface area contributed by atoms with Crippen LogP contribution in [-0.2, 0) is 21.2 Å². The van der Waals surface area contributed by atoms with Gasteiger partial charge in [-0.1, -0.05) is 30.7 Å². The number of rotatable bonds is 8. The molecule has 10 heteroatoms. The van der Waals surface area contributed by atoms with E-state index < -0.39 is 22.5 Å². The number of aromatic nitrogens is 1. The van der Waals surface area contributed by atoms with Crippen LogP contribution in [0.25, 0.3) is 10.9 Å². The summed E-state index contributed by atoms with van der Waals surface area (Å²) in [5.74, 6) is 0.0652. The second-order valence-corrected chi connectivity index (χ2v) is 9.27. The van der Waals surface area contributed by atoms with Crippen LogP contribution >= 0.6 is 11.6 Å². The number of pyridine rings is 1. The van der Waals surface area contributed by atoms with Gasteiger partial charge in [-0.25, -0.2) is 18.8 Å². The van der Waals surface area contributed by atoms with Crippen molar-refractivity contribution < 1.29 is 17.9 Å². The molecule has 168 valence electrons. The van der Waals surface area contributed by atoms with Crippen LogP contribution in [-0.4, -0.2) is 45.4 Å². The Morgan fingerprint density at radius 1 is 1.22 bits per heavy atom. The minimum absolute atomic E-state index is 0.206. The first-order chi connectivity index (χ1) is 15.2. The van der Waals surface area contributed by atoms with E-state index in [0.717, 1.165) is 27.9 Å². The molecule has 0 aliphatic carbocycles. The number of hydrogen-bond acceptors (Lipinski definition) is 6. The normalized spacial score (nSPS) is 11.6. The van der Waals surface area contributed by atoms with Crippen molar-refractivity contribution in [2.45, 2.75) is 13.3 Å². The SMILES string of the molecule is CCc1ccc(N(CC(=O)N/N=C\c2cc3ccc(OC)cc3nc2Cl)S(C)(=O)=O)cc1. The Labute approximate surface area is 191 Å². The Morgan fingerprint density at radius 2 is 1.94 bits per heavy atom. The van der Waals surface area contributed by atoms with Crippen LogP contribution in [0.5, 0.6) is 5.75 Å². The zero-order chi connectivity index (χ0) is 23.3. The maximum atomic E-state index is 12.4. The predicted octanol–water partition coefficient (Wildman–Crippen LogP) is 3.38. The second-order valence-electron chi connectivity index (χ2n) is 7.01. The molecule has 0 radical (unpaired) electrons. The summed E-state index contributed by atoms with van der Waals surface area (Å²) in [6, 6.07) is 14.2. The lowest BCUT2D eigenvalue weighted by Gasteiger charge is -2.21. The Bertz CT molecular complexity index is 1260. The number of nitrogens with one attached hydrogen (secondary N) is 1. The minimum atomic E-state index is -3.67. The van der Waals surface area contributed by atoms with Crippen LogP contribution in [0.4, 0.5) is 5.69 Å². The third kappa shape index (κ3) is 5.74. The predicted molar refractivity (Wildman–Crippen MR) is 127 cm³/mol. The molecule has 2 aromatic carbocycles. The molecule has 1 N–H and O–H groups in total. The molecule has 0 saturated carbocycles. The number of hydrazone groups is 1. The summed E-state index contributed by atoms with van der Waals surface area (Å²) in [6.07, 6.45) is 3.23. The maximum Gasteiger partial charge on any atom is 0.260 e. The van der Waals surface area contributed by atoms with Gasteiger partial charge in [0.1, 0.15) is 17.4 Å². The number of fused-ring (bicyclic) bond motifs is 1. The van der Waals surface area contributed by atoms with Gasteiger partial charge >= 0.3 is 0 Å². The van der Waals surface area contributed by atoms with Crippen molar-refractivity contribution in [3.05, 3.63) is 64.8 Å². The van der Waals surface area contributed by atoms with Gasteiger partial charge in [-0.05, 0) is 42.3 Å². The molecule has 0 fully saturated rings. The van der Waals surface area contributed by atoms with Crippen molar-refractivity contribution in [1.29, 1.82) is 0 Å². The van der Waals surface area contributed by atoms with Crippen molar-refractivity contribution in [2.75, 3.05) is 24.2 Å². The Balaban J connectivity index is 1.72.